The predicted octanol–water partition coefficient (Wildman–Crippen LogP) is 7.66. The Morgan fingerprint density at radius 2 is 1.62 bits per heavy atom. The Kier molecular flexibility index (Phi) is 6.76. The molecule has 0 amide bonds. The largest absolute Gasteiger partial charge is 0.494 e. The number of carbonyl (C=O) groups excluding carboxylic acids is 1. The molecular formula is C32H32O2. The second kappa shape index (κ2) is 10.3. The van der Waals surface area contributed by atoms with Crippen LogP contribution in [0, 0.1) is 0 Å². The average molecular weight is 449 g/mol. The van der Waals surface area contributed by atoms with Crippen molar-refractivity contribution in [2.75, 3.05) is 6.61 Å². The lowest BCUT2D eigenvalue weighted by Crippen LogP contribution is -2.19. The van der Waals surface area contributed by atoms with Gasteiger partial charge in [-0.25, -0.2) is 0 Å². The number of aryl methyl sites for hydroxylation is 1. The van der Waals surface area contributed by atoms with Crippen LogP contribution < -0.4 is 4.74 Å². The number of fused-ring (bicyclic) bond motifs is 1. The van der Waals surface area contributed by atoms with Crippen LogP contribution in [0.15, 0.2) is 96.6 Å². The minimum atomic E-state index is 0.0441. The quantitative estimate of drug-likeness (QED) is 0.353. The van der Waals surface area contributed by atoms with Crippen LogP contribution in [0.25, 0.3) is 5.57 Å². The molecule has 2 aliphatic rings. The Balaban J connectivity index is 1.40. The summed E-state index contributed by atoms with van der Waals surface area (Å²) in [5.74, 6) is 1.45. The molecule has 2 aliphatic carbocycles. The van der Waals surface area contributed by atoms with Crippen LogP contribution >= 0.6 is 0 Å². The van der Waals surface area contributed by atoms with Gasteiger partial charge in [-0.3, -0.25) is 4.79 Å². The standard InChI is InChI=1S/C32H32O2/c1-2-34-31-18-9-8-16-29(31)32-25(19-21-27(32)24-11-4-3-5-12-24)20-22-30(33)28-17-10-14-23-13-6-7-15-26(23)28/h3-9,11-13,15-16,18-19,21,28,32H,2,10,14,17,20,22H2,1H3. The van der Waals surface area contributed by atoms with Crippen molar-refractivity contribution in [1.29, 1.82) is 0 Å². The van der Waals surface area contributed by atoms with Gasteiger partial charge in [-0.15, -0.1) is 0 Å². The first kappa shape index (κ1) is 22.4. The fraction of sp³-hybridized carbons (Fsp3) is 0.281. The lowest BCUT2D eigenvalue weighted by atomic mass is 9.78. The highest BCUT2D eigenvalue weighted by Crippen LogP contribution is 2.47. The van der Waals surface area contributed by atoms with E-state index in [1.165, 1.54) is 33.4 Å². The van der Waals surface area contributed by atoms with Gasteiger partial charge in [0, 0.05) is 23.8 Å². The molecule has 2 atom stereocenters. The van der Waals surface area contributed by atoms with Gasteiger partial charge >= 0.3 is 0 Å². The predicted molar refractivity (Wildman–Crippen MR) is 139 cm³/mol. The summed E-state index contributed by atoms with van der Waals surface area (Å²) in [6.07, 6.45) is 8.98. The van der Waals surface area contributed by atoms with Crippen LogP contribution in [0.3, 0.4) is 0 Å². The molecule has 0 aromatic heterocycles. The highest BCUT2D eigenvalue weighted by atomic mass is 16.5. The zero-order chi connectivity index (χ0) is 23.3. The normalized spacial score (nSPS) is 19.2. The van der Waals surface area contributed by atoms with Crippen LogP contribution in [0.5, 0.6) is 5.75 Å². The van der Waals surface area contributed by atoms with Crippen molar-refractivity contribution in [2.24, 2.45) is 0 Å². The van der Waals surface area contributed by atoms with E-state index in [0.29, 0.717) is 18.8 Å². The molecule has 0 aliphatic heterocycles. The van der Waals surface area contributed by atoms with Crippen LogP contribution in [0.1, 0.15) is 66.7 Å². The van der Waals surface area contributed by atoms with Crippen molar-refractivity contribution in [3.05, 3.63) is 119 Å². The van der Waals surface area contributed by atoms with E-state index in [0.717, 1.165) is 31.4 Å². The molecule has 2 nitrogen and oxygen atoms in total. The molecule has 0 bridgehead atoms. The van der Waals surface area contributed by atoms with Gasteiger partial charge in [-0.1, -0.05) is 90.5 Å². The first-order valence-electron chi connectivity index (χ1n) is 12.5. The number of benzene rings is 3. The minimum Gasteiger partial charge on any atom is -0.494 e. The summed E-state index contributed by atoms with van der Waals surface area (Å²) in [6.45, 7) is 2.66. The maximum atomic E-state index is 13.4. The van der Waals surface area contributed by atoms with Crippen molar-refractivity contribution < 1.29 is 9.53 Å². The van der Waals surface area contributed by atoms with Crippen molar-refractivity contribution >= 4 is 11.4 Å². The van der Waals surface area contributed by atoms with Gasteiger partial charge in [0.05, 0.1) is 6.61 Å². The van der Waals surface area contributed by atoms with Crippen LogP contribution in [0.2, 0.25) is 0 Å². The number of hydrogen-bond acceptors (Lipinski definition) is 2. The molecule has 0 fully saturated rings. The Labute approximate surface area is 203 Å². The van der Waals surface area contributed by atoms with Crippen molar-refractivity contribution in [3.63, 3.8) is 0 Å². The van der Waals surface area contributed by atoms with Gasteiger partial charge in [0.15, 0.2) is 0 Å². The molecular weight excluding hydrogens is 416 g/mol. The Morgan fingerprint density at radius 3 is 2.44 bits per heavy atom. The molecule has 5 rings (SSSR count). The van der Waals surface area contributed by atoms with E-state index in [2.05, 4.69) is 84.9 Å². The summed E-state index contributed by atoms with van der Waals surface area (Å²) >= 11 is 0. The highest BCUT2D eigenvalue weighted by Gasteiger charge is 2.30. The first-order valence-corrected chi connectivity index (χ1v) is 12.5. The molecule has 34 heavy (non-hydrogen) atoms. The summed E-state index contributed by atoms with van der Waals surface area (Å²) in [6, 6.07) is 27.4. The van der Waals surface area contributed by atoms with E-state index in [1.807, 2.05) is 13.0 Å². The van der Waals surface area contributed by atoms with Gasteiger partial charge < -0.3 is 4.74 Å². The Hall–Kier alpha value is -3.39. The topological polar surface area (TPSA) is 26.3 Å². The molecule has 2 heteroatoms. The fourth-order valence-corrected chi connectivity index (χ4v) is 5.61. The molecule has 0 radical (unpaired) electrons. The summed E-state index contributed by atoms with van der Waals surface area (Å²) in [5, 5.41) is 0. The third-order valence-corrected chi connectivity index (χ3v) is 7.21. The number of hydrogen-bond donors (Lipinski definition) is 0. The van der Waals surface area contributed by atoms with E-state index < -0.39 is 0 Å². The highest BCUT2D eigenvalue weighted by molar-refractivity contribution is 5.87. The zero-order valence-corrected chi connectivity index (χ0v) is 19.9. The summed E-state index contributed by atoms with van der Waals surface area (Å²) < 4.78 is 6.02. The molecule has 3 aromatic rings. The number of ketones is 1. The number of ether oxygens (including phenoxy) is 1. The van der Waals surface area contributed by atoms with E-state index in [1.54, 1.807) is 0 Å². The van der Waals surface area contributed by atoms with E-state index in [4.69, 9.17) is 4.74 Å². The number of para-hydroxylation sites is 1. The third-order valence-electron chi connectivity index (χ3n) is 7.21. The number of carbonyl (C=O) groups is 1. The maximum Gasteiger partial charge on any atom is 0.140 e. The Bertz CT molecular complexity index is 1220. The second-order valence-electron chi connectivity index (χ2n) is 9.24. The van der Waals surface area contributed by atoms with Gasteiger partial charge in [0.25, 0.3) is 0 Å². The second-order valence-corrected chi connectivity index (χ2v) is 9.24. The van der Waals surface area contributed by atoms with Crippen molar-refractivity contribution in [3.8, 4) is 5.75 Å². The maximum absolute atomic E-state index is 13.4. The summed E-state index contributed by atoms with van der Waals surface area (Å²) in [4.78, 5) is 13.4. The first-order chi connectivity index (χ1) is 16.8. The average Bonchev–Trinajstić information content (AvgIpc) is 3.32. The monoisotopic (exact) mass is 448 g/mol. The van der Waals surface area contributed by atoms with Gasteiger partial charge in [0.1, 0.15) is 11.5 Å². The SMILES string of the molecule is CCOc1ccccc1C1C(CCC(=O)C2CCCc3ccccc32)=CC=C1c1ccccc1. The molecule has 0 heterocycles. The number of rotatable bonds is 8. The smallest absolute Gasteiger partial charge is 0.140 e. The van der Waals surface area contributed by atoms with Gasteiger partial charge in [-0.2, -0.15) is 0 Å². The van der Waals surface area contributed by atoms with Crippen LogP contribution in [0.4, 0.5) is 0 Å². The third kappa shape index (κ3) is 4.50. The Morgan fingerprint density at radius 1 is 0.882 bits per heavy atom. The minimum absolute atomic E-state index is 0.0441. The fourth-order valence-electron chi connectivity index (χ4n) is 5.61. The van der Waals surface area contributed by atoms with E-state index in [-0.39, 0.29) is 11.8 Å². The lowest BCUT2D eigenvalue weighted by molar-refractivity contribution is -0.120. The molecule has 0 N–H and O–H groups in total. The lowest BCUT2D eigenvalue weighted by Gasteiger charge is -2.26. The van der Waals surface area contributed by atoms with Crippen molar-refractivity contribution in [1.82, 2.24) is 0 Å². The molecule has 0 saturated carbocycles. The summed E-state index contributed by atoms with van der Waals surface area (Å²) in [7, 11) is 0. The van der Waals surface area contributed by atoms with Crippen LogP contribution in [-0.2, 0) is 11.2 Å². The van der Waals surface area contributed by atoms with E-state index in [9.17, 15) is 4.79 Å². The van der Waals surface area contributed by atoms with Gasteiger partial charge in [-0.05, 0) is 60.9 Å². The van der Waals surface area contributed by atoms with Crippen molar-refractivity contribution in [2.45, 2.75) is 50.9 Å². The van der Waals surface area contributed by atoms with E-state index >= 15 is 0 Å². The number of allylic oxidation sites excluding steroid dienone is 4. The molecule has 0 spiro atoms. The molecule has 3 aromatic carbocycles. The number of Topliss-reactive ketones (excluding diaryl/α,β-unsaturated/α-hetero) is 1. The van der Waals surface area contributed by atoms with Crippen LogP contribution in [-0.4, -0.2) is 12.4 Å². The molecule has 172 valence electrons. The zero-order valence-electron chi connectivity index (χ0n) is 19.9. The summed E-state index contributed by atoms with van der Waals surface area (Å²) in [5.41, 5.74) is 7.57. The molecule has 2 unspecified atom stereocenters. The molecule has 0 saturated heterocycles. The van der Waals surface area contributed by atoms with Gasteiger partial charge in [0.2, 0.25) is 0 Å².